The number of anilines is 1. The van der Waals surface area contributed by atoms with Crippen molar-refractivity contribution in [1.29, 1.82) is 0 Å². The molecule has 110 valence electrons. The van der Waals surface area contributed by atoms with Gasteiger partial charge in [0.25, 0.3) is 0 Å². The first-order valence-corrected chi connectivity index (χ1v) is 7.22. The molecule has 0 spiro atoms. The Morgan fingerprint density at radius 2 is 1.62 bits per heavy atom. The fourth-order valence-electron chi connectivity index (χ4n) is 2.23. The first-order chi connectivity index (χ1) is 9.95. The van der Waals surface area contributed by atoms with E-state index in [1.165, 1.54) is 16.7 Å². The van der Waals surface area contributed by atoms with Gasteiger partial charge in [-0.2, -0.15) is 0 Å². The molecule has 0 aliphatic rings. The van der Waals surface area contributed by atoms with Gasteiger partial charge in [0.05, 0.1) is 0 Å². The van der Waals surface area contributed by atoms with Crippen molar-refractivity contribution in [3.63, 3.8) is 0 Å². The second-order valence-electron chi connectivity index (χ2n) is 5.66. The number of aliphatic hydroxyl groups excluding tert-OH is 1. The summed E-state index contributed by atoms with van der Waals surface area (Å²) < 4.78 is 0. The van der Waals surface area contributed by atoms with Crippen LogP contribution in [0.3, 0.4) is 0 Å². The quantitative estimate of drug-likeness (QED) is 0.812. The van der Waals surface area contributed by atoms with Crippen molar-refractivity contribution in [3.8, 4) is 0 Å². The van der Waals surface area contributed by atoms with Crippen molar-refractivity contribution in [1.82, 2.24) is 0 Å². The van der Waals surface area contributed by atoms with E-state index in [1.807, 2.05) is 44.2 Å². The van der Waals surface area contributed by atoms with E-state index in [0.717, 1.165) is 16.8 Å². The van der Waals surface area contributed by atoms with Crippen LogP contribution in [-0.4, -0.2) is 11.3 Å². The van der Waals surface area contributed by atoms with Crippen LogP contribution in [0.2, 0.25) is 0 Å². The van der Waals surface area contributed by atoms with Crippen molar-refractivity contribution in [2.24, 2.45) is 0 Å². The Balaban J connectivity index is 2.12. The standard InChI is InChI=1S/C19H23NO/c1-13-6-9-18(10-7-13)20-19(21)16(4)12-17-8-5-14(2)11-15(17)3/h5-12,19-21H,1-4H3/b16-12+. The second-order valence-corrected chi connectivity index (χ2v) is 5.66. The maximum Gasteiger partial charge on any atom is 0.146 e. The topological polar surface area (TPSA) is 32.3 Å². The Morgan fingerprint density at radius 1 is 1.00 bits per heavy atom. The third-order valence-corrected chi connectivity index (χ3v) is 3.59. The summed E-state index contributed by atoms with van der Waals surface area (Å²) in [5.74, 6) is 0. The largest absolute Gasteiger partial charge is 0.370 e. The van der Waals surface area contributed by atoms with Crippen LogP contribution < -0.4 is 5.32 Å². The molecule has 0 aliphatic carbocycles. The predicted octanol–water partition coefficient (Wildman–Crippen LogP) is 4.45. The van der Waals surface area contributed by atoms with Crippen LogP contribution >= 0.6 is 0 Å². The minimum atomic E-state index is -0.687. The molecule has 0 aliphatic heterocycles. The van der Waals surface area contributed by atoms with Crippen molar-refractivity contribution in [2.75, 3.05) is 5.32 Å². The molecule has 0 aromatic heterocycles. The van der Waals surface area contributed by atoms with Crippen LogP contribution in [0.1, 0.15) is 29.2 Å². The number of nitrogens with one attached hydrogen (secondary N) is 1. The highest BCUT2D eigenvalue weighted by atomic mass is 16.3. The first kappa shape index (κ1) is 15.3. The monoisotopic (exact) mass is 281 g/mol. The van der Waals surface area contributed by atoms with E-state index in [4.69, 9.17) is 0 Å². The van der Waals surface area contributed by atoms with E-state index in [9.17, 15) is 5.11 Å². The van der Waals surface area contributed by atoms with Gasteiger partial charge >= 0.3 is 0 Å². The fourth-order valence-corrected chi connectivity index (χ4v) is 2.23. The van der Waals surface area contributed by atoms with Crippen LogP contribution in [0.15, 0.2) is 48.0 Å². The van der Waals surface area contributed by atoms with Gasteiger partial charge in [0.1, 0.15) is 6.23 Å². The molecule has 0 saturated heterocycles. The van der Waals surface area contributed by atoms with Gasteiger partial charge in [-0.1, -0.05) is 47.5 Å². The molecule has 2 rings (SSSR count). The second kappa shape index (κ2) is 6.59. The van der Waals surface area contributed by atoms with Gasteiger partial charge in [-0.05, 0) is 56.5 Å². The average molecular weight is 281 g/mol. The van der Waals surface area contributed by atoms with Gasteiger partial charge in [0, 0.05) is 5.69 Å². The number of aryl methyl sites for hydroxylation is 3. The van der Waals surface area contributed by atoms with Crippen LogP contribution in [0.25, 0.3) is 6.08 Å². The Morgan fingerprint density at radius 3 is 2.24 bits per heavy atom. The molecule has 0 heterocycles. The number of hydrogen-bond acceptors (Lipinski definition) is 2. The molecular formula is C19H23NO. The molecule has 2 N–H and O–H groups in total. The normalized spacial score (nSPS) is 13.1. The Hall–Kier alpha value is -2.06. The smallest absolute Gasteiger partial charge is 0.146 e. The number of aliphatic hydroxyl groups is 1. The van der Waals surface area contributed by atoms with Gasteiger partial charge in [-0.15, -0.1) is 0 Å². The van der Waals surface area contributed by atoms with E-state index >= 15 is 0 Å². The molecule has 2 aromatic rings. The average Bonchev–Trinajstić information content (AvgIpc) is 2.44. The molecule has 0 saturated carbocycles. The molecule has 21 heavy (non-hydrogen) atoms. The van der Waals surface area contributed by atoms with Crippen LogP contribution in [0.5, 0.6) is 0 Å². The lowest BCUT2D eigenvalue weighted by molar-refractivity contribution is 0.241. The lowest BCUT2D eigenvalue weighted by Crippen LogP contribution is -2.19. The Bertz CT molecular complexity index is 641. The number of rotatable bonds is 4. The zero-order valence-electron chi connectivity index (χ0n) is 13.1. The fraction of sp³-hybridized carbons (Fsp3) is 0.263. The summed E-state index contributed by atoms with van der Waals surface area (Å²) in [6, 6.07) is 14.3. The lowest BCUT2D eigenvalue weighted by atomic mass is 10.0. The highest BCUT2D eigenvalue weighted by Gasteiger charge is 2.07. The van der Waals surface area contributed by atoms with E-state index < -0.39 is 6.23 Å². The van der Waals surface area contributed by atoms with Crippen molar-refractivity contribution < 1.29 is 5.11 Å². The predicted molar refractivity (Wildman–Crippen MR) is 90.4 cm³/mol. The van der Waals surface area contributed by atoms with Gasteiger partial charge in [0.2, 0.25) is 0 Å². The minimum Gasteiger partial charge on any atom is -0.370 e. The van der Waals surface area contributed by atoms with Gasteiger partial charge in [0.15, 0.2) is 0 Å². The Labute approximate surface area is 127 Å². The summed E-state index contributed by atoms with van der Waals surface area (Å²) in [5.41, 5.74) is 6.63. The molecule has 2 nitrogen and oxygen atoms in total. The third-order valence-electron chi connectivity index (χ3n) is 3.59. The first-order valence-electron chi connectivity index (χ1n) is 7.22. The molecule has 2 aromatic carbocycles. The zero-order chi connectivity index (χ0) is 15.4. The molecule has 1 atom stereocenters. The molecular weight excluding hydrogens is 258 g/mol. The molecule has 0 fully saturated rings. The van der Waals surface area contributed by atoms with Gasteiger partial charge in [-0.25, -0.2) is 0 Å². The van der Waals surface area contributed by atoms with Crippen molar-refractivity contribution >= 4 is 11.8 Å². The highest BCUT2D eigenvalue weighted by Crippen LogP contribution is 2.17. The number of hydrogen-bond donors (Lipinski definition) is 2. The van der Waals surface area contributed by atoms with E-state index in [-0.39, 0.29) is 0 Å². The van der Waals surface area contributed by atoms with Gasteiger partial charge < -0.3 is 10.4 Å². The molecule has 0 radical (unpaired) electrons. The van der Waals surface area contributed by atoms with Crippen LogP contribution in [0, 0.1) is 20.8 Å². The van der Waals surface area contributed by atoms with Crippen LogP contribution in [0.4, 0.5) is 5.69 Å². The van der Waals surface area contributed by atoms with E-state index in [0.29, 0.717) is 0 Å². The summed E-state index contributed by atoms with van der Waals surface area (Å²) in [6.07, 6.45) is 1.34. The number of benzene rings is 2. The molecule has 2 heteroatoms. The third kappa shape index (κ3) is 4.20. The summed E-state index contributed by atoms with van der Waals surface area (Å²) >= 11 is 0. The van der Waals surface area contributed by atoms with E-state index in [1.54, 1.807) is 0 Å². The SMILES string of the molecule is C/C(=C\c1ccc(C)cc1C)C(O)Nc1ccc(C)cc1. The summed E-state index contributed by atoms with van der Waals surface area (Å²) in [4.78, 5) is 0. The van der Waals surface area contributed by atoms with Crippen LogP contribution in [-0.2, 0) is 0 Å². The molecule has 0 bridgehead atoms. The summed E-state index contributed by atoms with van der Waals surface area (Å²) in [6.45, 7) is 8.16. The van der Waals surface area contributed by atoms with Gasteiger partial charge in [-0.3, -0.25) is 0 Å². The van der Waals surface area contributed by atoms with Crippen molar-refractivity contribution in [2.45, 2.75) is 33.9 Å². The minimum absolute atomic E-state index is 0.687. The zero-order valence-corrected chi connectivity index (χ0v) is 13.1. The molecule has 1 unspecified atom stereocenters. The summed E-state index contributed by atoms with van der Waals surface area (Å²) in [7, 11) is 0. The van der Waals surface area contributed by atoms with E-state index in [2.05, 4.69) is 37.4 Å². The Kier molecular flexibility index (Phi) is 4.81. The maximum atomic E-state index is 10.3. The summed E-state index contributed by atoms with van der Waals surface area (Å²) in [5, 5.41) is 13.4. The highest BCUT2D eigenvalue weighted by molar-refractivity contribution is 5.58. The molecule has 0 amide bonds. The lowest BCUT2D eigenvalue weighted by Gasteiger charge is -2.15. The maximum absolute atomic E-state index is 10.3. The van der Waals surface area contributed by atoms with Crippen molar-refractivity contribution in [3.05, 3.63) is 70.3 Å².